The van der Waals surface area contributed by atoms with Gasteiger partial charge in [0.2, 0.25) is 5.91 Å². The lowest BCUT2D eigenvalue weighted by molar-refractivity contribution is -0.116. The summed E-state index contributed by atoms with van der Waals surface area (Å²) in [6.07, 6.45) is 5.21. The van der Waals surface area contributed by atoms with Gasteiger partial charge in [0.15, 0.2) is 0 Å². The van der Waals surface area contributed by atoms with E-state index in [1.807, 2.05) is 61.5 Å². The Morgan fingerprint density at radius 1 is 1.03 bits per heavy atom. The van der Waals surface area contributed by atoms with E-state index in [1.165, 1.54) is 47.2 Å². The van der Waals surface area contributed by atoms with Crippen molar-refractivity contribution in [2.24, 2.45) is 0 Å². The molecule has 1 N–H and O–H groups in total. The zero-order chi connectivity index (χ0) is 22.8. The summed E-state index contributed by atoms with van der Waals surface area (Å²) in [5.41, 5.74) is 3.68. The number of benzene rings is 2. The highest BCUT2D eigenvalue weighted by atomic mass is 32.1. The molecule has 4 aromatic rings. The summed E-state index contributed by atoms with van der Waals surface area (Å²) < 4.78 is 1.38. The Kier molecular flexibility index (Phi) is 5.96. The van der Waals surface area contributed by atoms with Gasteiger partial charge in [0.25, 0.3) is 5.56 Å². The molecule has 7 heteroatoms. The van der Waals surface area contributed by atoms with Crippen molar-refractivity contribution in [3.8, 4) is 10.4 Å². The van der Waals surface area contributed by atoms with E-state index in [-0.39, 0.29) is 18.0 Å². The third kappa shape index (κ3) is 4.41. The van der Waals surface area contributed by atoms with E-state index in [0.29, 0.717) is 10.2 Å². The van der Waals surface area contributed by atoms with Gasteiger partial charge in [-0.25, -0.2) is 4.98 Å². The van der Waals surface area contributed by atoms with Crippen molar-refractivity contribution in [3.63, 3.8) is 0 Å². The highest BCUT2D eigenvalue weighted by Gasteiger charge is 2.17. The maximum absolute atomic E-state index is 13.1. The lowest BCUT2D eigenvalue weighted by Gasteiger charge is -2.28. The smallest absolute Gasteiger partial charge is 0.262 e. The summed E-state index contributed by atoms with van der Waals surface area (Å²) in [5.74, 6) is -0.250. The second-order valence-corrected chi connectivity index (χ2v) is 9.42. The van der Waals surface area contributed by atoms with Gasteiger partial charge in [-0.3, -0.25) is 14.2 Å². The average Bonchev–Trinajstić information content (AvgIpc) is 3.19. The Hall–Kier alpha value is -3.45. The SMILES string of the molecule is Cc1c(-c2ccccc2)sc2ncn(CC(=O)Nc3ccc(N4CCCCC4)cc3)c(=O)c12. The number of nitrogens with zero attached hydrogens (tertiary/aromatic N) is 3. The molecule has 1 aliphatic heterocycles. The molecule has 0 aliphatic carbocycles. The fraction of sp³-hybridized carbons (Fsp3) is 0.269. The standard InChI is InChI=1S/C26H26N4O2S/c1-18-23-25(33-24(18)19-8-4-2-5-9-19)27-17-30(26(23)32)16-22(31)28-20-10-12-21(13-11-20)29-14-6-3-7-15-29/h2,4-5,8-13,17H,3,6-7,14-16H2,1H3,(H,28,31). The summed E-state index contributed by atoms with van der Waals surface area (Å²) in [7, 11) is 0. The third-order valence-electron chi connectivity index (χ3n) is 6.14. The predicted molar refractivity (Wildman–Crippen MR) is 135 cm³/mol. The molecule has 0 bridgehead atoms. The molecule has 3 heterocycles. The van der Waals surface area contributed by atoms with Crippen LogP contribution in [0.3, 0.4) is 0 Å². The first-order chi connectivity index (χ1) is 16.1. The predicted octanol–water partition coefficient (Wildman–Crippen LogP) is 5.06. The molecule has 0 unspecified atom stereocenters. The number of hydrogen-bond donors (Lipinski definition) is 1. The van der Waals surface area contributed by atoms with Gasteiger partial charge in [-0.05, 0) is 61.6 Å². The van der Waals surface area contributed by atoms with E-state index >= 15 is 0 Å². The van der Waals surface area contributed by atoms with Crippen LogP contribution in [0.1, 0.15) is 24.8 Å². The van der Waals surface area contributed by atoms with Crippen LogP contribution in [-0.4, -0.2) is 28.5 Å². The van der Waals surface area contributed by atoms with E-state index in [9.17, 15) is 9.59 Å². The number of rotatable bonds is 5. The van der Waals surface area contributed by atoms with E-state index < -0.39 is 0 Å². The number of aromatic nitrogens is 2. The average molecular weight is 459 g/mol. The summed E-state index contributed by atoms with van der Waals surface area (Å²) >= 11 is 1.51. The number of nitrogens with one attached hydrogen (secondary N) is 1. The van der Waals surface area contributed by atoms with Gasteiger partial charge in [0, 0.05) is 29.3 Å². The fourth-order valence-electron chi connectivity index (χ4n) is 4.40. The third-order valence-corrected chi connectivity index (χ3v) is 7.39. The maximum Gasteiger partial charge on any atom is 0.262 e. The second-order valence-electron chi connectivity index (χ2n) is 8.42. The number of carbonyl (C=O) groups excluding carboxylic acids is 1. The second kappa shape index (κ2) is 9.19. The fourth-order valence-corrected chi connectivity index (χ4v) is 5.54. The van der Waals surface area contributed by atoms with Gasteiger partial charge in [0.05, 0.1) is 11.7 Å². The zero-order valence-electron chi connectivity index (χ0n) is 18.6. The number of piperidine rings is 1. The topological polar surface area (TPSA) is 67.2 Å². The van der Waals surface area contributed by atoms with Crippen molar-refractivity contribution in [2.75, 3.05) is 23.3 Å². The molecule has 5 rings (SSSR count). The molecule has 1 fully saturated rings. The van der Waals surface area contributed by atoms with Crippen molar-refractivity contribution in [3.05, 3.63) is 76.8 Å². The van der Waals surface area contributed by atoms with Crippen LogP contribution >= 0.6 is 11.3 Å². The normalized spacial score (nSPS) is 13.9. The lowest BCUT2D eigenvalue weighted by atomic mass is 10.1. The lowest BCUT2D eigenvalue weighted by Crippen LogP contribution is -2.29. The summed E-state index contributed by atoms with van der Waals surface area (Å²) in [6, 6.07) is 17.9. The first-order valence-corrected chi connectivity index (χ1v) is 12.1. The first kappa shape index (κ1) is 21.4. The van der Waals surface area contributed by atoms with E-state index in [4.69, 9.17) is 0 Å². The molecule has 0 spiro atoms. The van der Waals surface area contributed by atoms with Crippen LogP contribution in [0, 0.1) is 6.92 Å². The van der Waals surface area contributed by atoms with Gasteiger partial charge < -0.3 is 10.2 Å². The van der Waals surface area contributed by atoms with Crippen LogP contribution in [0.4, 0.5) is 11.4 Å². The minimum Gasteiger partial charge on any atom is -0.372 e. The molecule has 0 saturated carbocycles. The van der Waals surface area contributed by atoms with E-state index in [1.54, 1.807) is 0 Å². The van der Waals surface area contributed by atoms with Crippen molar-refractivity contribution >= 4 is 38.8 Å². The van der Waals surface area contributed by atoms with Crippen LogP contribution in [0.2, 0.25) is 0 Å². The van der Waals surface area contributed by atoms with Crippen LogP contribution in [-0.2, 0) is 11.3 Å². The Balaban J connectivity index is 1.32. The number of hydrogen-bond acceptors (Lipinski definition) is 5. The van der Waals surface area contributed by atoms with Crippen LogP contribution in [0.5, 0.6) is 0 Å². The molecule has 0 atom stereocenters. The number of amides is 1. The molecule has 1 amide bonds. The molecule has 1 aliphatic rings. The highest BCUT2D eigenvalue weighted by molar-refractivity contribution is 7.22. The minimum absolute atomic E-state index is 0.0778. The molecule has 6 nitrogen and oxygen atoms in total. The number of thiophene rings is 1. The van der Waals surface area contributed by atoms with Crippen molar-refractivity contribution < 1.29 is 4.79 Å². The number of carbonyl (C=O) groups is 1. The van der Waals surface area contributed by atoms with Crippen molar-refractivity contribution in [2.45, 2.75) is 32.7 Å². The van der Waals surface area contributed by atoms with E-state index in [0.717, 1.165) is 34.8 Å². The maximum atomic E-state index is 13.1. The summed E-state index contributed by atoms with van der Waals surface area (Å²) in [4.78, 5) is 34.4. The number of fused-ring (bicyclic) bond motifs is 1. The van der Waals surface area contributed by atoms with E-state index in [2.05, 4.69) is 15.2 Å². The molecular formula is C26H26N4O2S. The van der Waals surface area contributed by atoms with Crippen LogP contribution in [0.25, 0.3) is 20.7 Å². The quantitative estimate of drug-likeness (QED) is 0.454. The monoisotopic (exact) mass is 458 g/mol. The summed E-state index contributed by atoms with van der Waals surface area (Å²) in [5, 5.41) is 3.48. The minimum atomic E-state index is -0.250. The zero-order valence-corrected chi connectivity index (χ0v) is 19.4. The molecule has 33 heavy (non-hydrogen) atoms. The molecule has 2 aromatic carbocycles. The van der Waals surface area contributed by atoms with Crippen molar-refractivity contribution in [1.29, 1.82) is 0 Å². The number of aryl methyl sites for hydroxylation is 1. The number of anilines is 2. The van der Waals surface area contributed by atoms with Crippen LogP contribution in [0.15, 0.2) is 65.7 Å². The largest absolute Gasteiger partial charge is 0.372 e. The Morgan fingerprint density at radius 2 is 1.76 bits per heavy atom. The first-order valence-electron chi connectivity index (χ1n) is 11.3. The van der Waals surface area contributed by atoms with Crippen LogP contribution < -0.4 is 15.8 Å². The Bertz CT molecular complexity index is 1340. The Morgan fingerprint density at radius 3 is 2.48 bits per heavy atom. The Labute approximate surface area is 196 Å². The van der Waals surface area contributed by atoms with Gasteiger partial charge in [-0.2, -0.15) is 0 Å². The summed E-state index contributed by atoms with van der Waals surface area (Å²) in [6.45, 7) is 4.03. The van der Waals surface area contributed by atoms with Crippen molar-refractivity contribution in [1.82, 2.24) is 9.55 Å². The molecular weight excluding hydrogens is 432 g/mol. The van der Waals surface area contributed by atoms with Gasteiger partial charge in [0.1, 0.15) is 11.4 Å². The van der Waals surface area contributed by atoms with Gasteiger partial charge in [-0.1, -0.05) is 30.3 Å². The van der Waals surface area contributed by atoms with Gasteiger partial charge >= 0.3 is 0 Å². The molecule has 168 valence electrons. The molecule has 0 radical (unpaired) electrons. The molecule has 2 aromatic heterocycles. The highest BCUT2D eigenvalue weighted by Crippen LogP contribution is 2.35. The molecule has 1 saturated heterocycles. The van der Waals surface area contributed by atoms with Gasteiger partial charge in [-0.15, -0.1) is 11.3 Å².